The van der Waals surface area contributed by atoms with Crippen molar-refractivity contribution in [2.75, 3.05) is 13.1 Å². The minimum absolute atomic E-state index is 0.0613. The molecule has 0 aliphatic carbocycles. The van der Waals surface area contributed by atoms with Crippen molar-refractivity contribution >= 4 is 5.97 Å². The highest BCUT2D eigenvalue weighted by atomic mass is 16.4. The smallest absolute Gasteiger partial charge is 0.324 e. The molecule has 0 bridgehead atoms. The fourth-order valence-corrected chi connectivity index (χ4v) is 2.07. The average molecular weight is 199 g/mol. The minimum Gasteiger partial charge on any atom is -0.480 e. The number of rotatable bonds is 3. The van der Waals surface area contributed by atoms with E-state index in [4.69, 9.17) is 5.73 Å². The van der Waals surface area contributed by atoms with Crippen LogP contribution < -0.4 is 11.1 Å². The molecule has 0 saturated carbocycles. The van der Waals surface area contributed by atoms with Crippen molar-refractivity contribution in [3.8, 4) is 0 Å². The van der Waals surface area contributed by atoms with E-state index >= 15 is 0 Å². The molecule has 0 aromatic heterocycles. The molecular formula is C10H19N2O2. The molecule has 4 N–H and O–H groups in total. The summed E-state index contributed by atoms with van der Waals surface area (Å²) in [6.45, 7) is 5.33. The van der Waals surface area contributed by atoms with E-state index < -0.39 is 11.5 Å². The summed E-state index contributed by atoms with van der Waals surface area (Å²) in [4.78, 5) is 11.2. The maximum atomic E-state index is 11.2. The van der Waals surface area contributed by atoms with Crippen molar-refractivity contribution < 1.29 is 9.90 Å². The molecule has 1 radical (unpaired) electrons. The number of carboxylic acids is 1. The van der Waals surface area contributed by atoms with Gasteiger partial charge in [0.05, 0.1) is 0 Å². The van der Waals surface area contributed by atoms with Crippen LogP contribution in [0.25, 0.3) is 0 Å². The molecule has 4 heteroatoms. The first-order valence-corrected chi connectivity index (χ1v) is 5.03. The molecule has 1 saturated heterocycles. The number of carbonyl (C=O) groups is 1. The van der Waals surface area contributed by atoms with E-state index in [9.17, 15) is 9.90 Å². The Bertz CT molecular complexity index is 212. The predicted octanol–water partition coefficient (Wildman–Crippen LogP) is 0.382. The van der Waals surface area contributed by atoms with Crippen LogP contribution in [-0.2, 0) is 4.79 Å². The van der Waals surface area contributed by atoms with Gasteiger partial charge in [0.1, 0.15) is 5.54 Å². The molecule has 1 rings (SSSR count). The first-order valence-electron chi connectivity index (χ1n) is 5.03. The summed E-state index contributed by atoms with van der Waals surface area (Å²) in [5.41, 5.74) is 4.86. The Morgan fingerprint density at radius 1 is 1.43 bits per heavy atom. The number of piperidine rings is 1. The Morgan fingerprint density at radius 3 is 2.29 bits per heavy atom. The van der Waals surface area contributed by atoms with Gasteiger partial charge in [-0.3, -0.25) is 4.79 Å². The van der Waals surface area contributed by atoms with Crippen LogP contribution >= 0.6 is 0 Å². The quantitative estimate of drug-likeness (QED) is 0.614. The molecule has 1 aliphatic heterocycles. The number of carboxylic acid groups (broad SMARTS) is 1. The minimum atomic E-state index is -1.14. The molecule has 1 atom stereocenters. The lowest BCUT2D eigenvalue weighted by Crippen LogP contribution is -2.59. The van der Waals surface area contributed by atoms with E-state index in [0.29, 0.717) is 0 Å². The highest BCUT2D eigenvalue weighted by molar-refractivity contribution is 5.82. The largest absolute Gasteiger partial charge is 0.480 e. The lowest BCUT2D eigenvalue weighted by molar-refractivity contribution is -0.145. The molecule has 4 nitrogen and oxygen atoms in total. The van der Waals surface area contributed by atoms with Gasteiger partial charge in [-0.1, -0.05) is 13.8 Å². The molecule has 0 aromatic carbocycles. The van der Waals surface area contributed by atoms with Gasteiger partial charge in [0.2, 0.25) is 0 Å². The number of hydrogen-bond acceptors (Lipinski definition) is 3. The van der Waals surface area contributed by atoms with Gasteiger partial charge in [-0.05, 0) is 31.8 Å². The summed E-state index contributed by atoms with van der Waals surface area (Å²) in [7, 11) is 0. The number of hydrogen-bond donors (Lipinski definition) is 3. The molecule has 1 heterocycles. The Labute approximate surface area is 84.9 Å². The first kappa shape index (κ1) is 11.5. The Hall–Kier alpha value is -0.610. The van der Waals surface area contributed by atoms with Crippen LogP contribution in [-0.4, -0.2) is 29.7 Å². The van der Waals surface area contributed by atoms with Gasteiger partial charge < -0.3 is 16.2 Å². The van der Waals surface area contributed by atoms with Crippen molar-refractivity contribution in [3.63, 3.8) is 0 Å². The summed E-state index contributed by atoms with van der Waals surface area (Å²) in [6.07, 6.45) is 1.68. The highest BCUT2D eigenvalue weighted by Crippen LogP contribution is 2.31. The zero-order valence-electron chi connectivity index (χ0n) is 8.84. The third-order valence-corrected chi connectivity index (χ3v) is 3.16. The number of nitrogens with two attached hydrogens (primary N) is 1. The predicted molar refractivity (Wildman–Crippen MR) is 54.7 cm³/mol. The van der Waals surface area contributed by atoms with Gasteiger partial charge in [-0.2, -0.15) is 0 Å². The van der Waals surface area contributed by atoms with Crippen molar-refractivity contribution in [3.05, 3.63) is 5.92 Å². The van der Waals surface area contributed by atoms with Crippen LogP contribution in [0.5, 0.6) is 0 Å². The summed E-state index contributed by atoms with van der Waals surface area (Å²) in [6, 6.07) is 0. The van der Waals surface area contributed by atoms with E-state index in [1.807, 2.05) is 0 Å². The molecular weight excluding hydrogens is 180 g/mol. The van der Waals surface area contributed by atoms with E-state index in [-0.39, 0.29) is 5.92 Å². The molecule has 14 heavy (non-hydrogen) atoms. The van der Waals surface area contributed by atoms with Crippen molar-refractivity contribution in [1.82, 2.24) is 5.32 Å². The molecule has 1 aliphatic rings. The second kappa shape index (κ2) is 4.28. The topological polar surface area (TPSA) is 75.4 Å². The van der Waals surface area contributed by atoms with Gasteiger partial charge in [0.25, 0.3) is 0 Å². The fourth-order valence-electron chi connectivity index (χ4n) is 2.07. The second-order valence-corrected chi connectivity index (χ2v) is 4.20. The van der Waals surface area contributed by atoms with Crippen LogP contribution in [0.4, 0.5) is 0 Å². The second-order valence-electron chi connectivity index (χ2n) is 4.20. The standard InChI is InChI=1S/C10H19N2O2/c1-7(2)10(11,9(13)14)8-3-5-12-6-4-8/h8,12H,3-6,11H2,1-2H3,(H,13,14). The lowest BCUT2D eigenvalue weighted by Gasteiger charge is -2.39. The molecule has 0 amide bonds. The van der Waals surface area contributed by atoms with E-state index in [1.165, 1.54) is 0 Å². The zero-order valence-corrected chi connectivity index (χ0v) is 8.84. The van der Waals surface area contributed by atoms with Crippen molar-refractivity contribution in [2.45, 2.75) is 32.2 Å². The summed E-state index contributed by atoms with van der Waals surface area (Å²) in [5, 5.41) is 12.4. The van der Waals surface area contributed by atoms with E-state index in [1.54, 1.807) is 13.8 Å². The summed E-state index contributed by atoms with van der Waals surface area (Å²) in [5.74, 6) is -0.0486. The third kappa shape index (κ3) is 1.91. The molecule has 81 valence electrons. The van der Waals surface area contributed by atoms with Crippen LogP contribution in [0.1, 0.15) is 26.7 Å². The Balaban J connectivity index is 2.80. The number of aliphatic carboxylic acids is 1. The average Bonchev–Trinajstić information content (AvgIpc) is 2.17. The number of nitrogens with one attached hydrogen (secondary N) is 1. The van der Waals surface area contributed by atoms with Crippen LogP contribution in [0.3, 0.4) is 0 Å². The molecule has 0 spiro atoms. The van der Waals surface area contributed by atoms with Crippen molar-refractivity contribution in [1.29, 1.82) is 0 Å². The van der Waals surface area contributed by atoms with E-state index in [0.717, 1.165) is 31.8 Å². The summed E-state index contributed by atoms with van der Waals surface area (Å²) >= 11 is 0. The monoisotopic (exact) mass is 199 g/mol. The molecule has 0 aromatic rings. The lowest BCUT2D eigenvalue weighted by atomic mass is 9.72. The van der Waals surface area contributed by atoms with Crippen LogP contribution in [0.15, 0.2) is 0 Å². The highest BCUT2D eigenvalue weighted by Gasteiger charge is 2.45. The normalized spacial score (nSPS) is 23.4. The zero-order chi connectivity index (χ0) is 10.8. The molecule has 1 fully saturated rings. The van der Waals surface area contributed by atoms with Gasteiger partial charge in [0, 0.05) is 5.92 Å². The SMILES string of the molecule is C[C](C)C(N)(C(=O)O)C1CCNCC1. The van der Waals surface area contributed by atoms with Crippen molar-refractivity contribution in [2.24, 2.45) is 11.7 Å². The van der Waals surface area contributed by atoms with Gasteiger partial charge in [-0.15, -0.1) is 0 Å². The van der Waals surface area contributed by atoms with Crippen LogP contribution in [0, 0.1) is 11.8 Å². The summed E-state index contributed by atoms with van der Waals surface area (Å²) < 4.78 is 0. The first-order chi connectivity index (χ1) is 6.49. The van der Waals surface area contributed by atoms with E-state index in [2.05, 4.69) is 5.32 Å². The maximum Gasteiger partial charge on any atom is 0.324 e. The van der Waals surface area contributed by atoms with Gasteiger partial charge in [-0.25, -0.2) is 0 Å². The van der Waals surface area contributed by atoms with Crippen LogP contribution in [0.2, 0.25) is 0 Å². The third-order valence-electron chi connectivity index (χ3n) is 3.16. The Morgan fingerprint density at radius 2 is 1.93 bits per heavy atom. The molecule has 1 unspecified atom stereocenters. The Kier molecular flexibility index (Phi) is 3.50. The van der Waals surface area contributed by atoms with Gasteiger partial charge >= 0.3 is 5.97 Å². The maximum absolute atomic E-state index is 11.2. The van der Waals surface area contributed by atoms with Gasteiger partial charge in [0.15, 0.2) is 0 Å². The fraction of sp³-hybridized carbons (Fsp3) is 0.800.